The highest BCUT2D eigenvalue weighted by Gasteiger charge is 2.91. The average molecular weight is 780 g/mol. The summed E-state index contributed by atoms with van der Waals surface area (Å²) in [5.74, 6) is -9.11. The van der Waals surface area contributed by atoms with Gasteiger partial charge in [0, 0.05) is 40.8 Å². The number of pyridine rings is 1. The van der Waals surface area contributed by atoms with Crippen molar-refractivity contribution in [2.75, 3.05) is 13.2 Å². The number of esters is 7. The number of aromatic nitrogens is 1. The molecule has 3 fully saturated rings. The van der Waals surface area contributed by atoms with Crippen molar-refractivity contribution >= 4 is 41.8 Å². The van der Waals surface area contributed by atoms with Gasteiger partial charge in [0.25, 0.3) is 0 Å². The molecule has 302 valence electrons. The SMILES string of the molecule is CC(=O)OC[C@]12[C@H](OC(C)=O)[C@H](OC(C)=O)[C@@H]3[C@@H](OC(C)=O)[C@@]14O[C@@]3(C)COC(=O)c1cccnc1CC[C@](C)(O)C(=O)O[C@@H]([C@H](O)[C@@H]2OC(C)=O)[C@]4(C)O. The Balaban J connectivity index is 1.95. The zero-order valence-corrected chi connectivity index (χ0v) is 31.5. The summed E-state index contributed by atoms with van der Waals surface area (Å²) in [5, 5.41) is 36.8. The summed E-state index contributed by atoms with van der Waals surface area (Å²) in [4.78, 5) is 96.7. The molecule has 2 aliphatic heterocycles. The molecular formula is C36H45NO18. The fraction of sp³-hybridized carbons (Fsp3) is 0.667. The number of hydrogen-bond acceptors (Lipinski definition) is 19. The lowest BCUT2D eigenvalue weighted by Crippen LogP contribution is -2.89. The molecule has 0 radical (unpaired) electrons. The van der Waals surface area contributed by atoms with E-state index in [-0.39, 0.29) is 17.7 Å². The van der Waals surface area contributed by atoms with E-state index in [2.05, 4.69) is 4.98 Å². The van der Waals surface area contributed by atoms with Gasteiger partial charge in [-0.25, -0.2) is 9.59 Å². The number of ether oxygens (including phenoxy) is 8. The van der Waals surface area contributed by atoms with Gasteiger partial charge in [-0.2, -0.15) is 0 Å². The summed E-state index contributed by atoms with van der Waals surface area (Å²) in [6.07, 6.45) is -11.7. The Kier molecular flexibility index (Phi) is 10.9. The average Bonchev–Trinajstić information content (AvgIpc) is 3.29. The number of cyclic esters (lactones) is 1. The fourth-order valence-electron chi connectivity index (χ4n) is 8.87. The lowest BCUT2D eigenvalue weighted by Gasteiger charge is -2.67. The van der Waals surface area contributed by atoms with Gasteiger partial charge in [-0.15, -0.1) is 0 Å². The van der Waals surface area contributed by atoms with Gasteiger partial charge in [-0.05, 0) is 45.7 Å². The third-order valence-electron chi connectivity index (χ3n) is 10.9. The highest BCUT2D eigenvalue weighted by Crippen LogP contribution is 2.70. The zero-order valence-electron chi connectivity index (χ0n) is 31.5. The van der Waals surface area contributed by atoms with Crippen LogP contribution in [-0.2, 0) is 73.1 Å². The molecule has 3 N–H and O–H groups in total. The molecule has 1 aromatic heterocycles. The van der Waals surface area contributed by atoms with E-state index in [4.69, 9.17) is 37.9 Å². The van der Waals surface area contributed by atoms with Crippen LogP contribution in [0.4, 0.5) is 0 Å². The molecule has 4 bridgehead atoms. The van der Waals surface area contributed by atoms with Crippen molar-refractivity contribution in [1.82, 2.24) is 4.98 Å². The van der Waals surface area contributed by atoms with Crippen LogP contribution in [0.3, 0.4) is 0 Å². The number of carbonyl (C=O) groups excluding carboxylic acids is 7. The monoisotopic (exact) mass is 779 g/mol. The van der Waals surface area contributed by atoms with Crippen molar-refractivity contribution < 1.29 is 86.8 Å². The third kappa shape index (κ3) is 6.69. The Labute approximate surface area is 314 Å². The van der Waals surface area contributed by atoms with Crippen LogP contribution < -0.4 is 0 Å². The first-order valence-corrected chi connectivity index (χ1v) is 17.4. The van der Waals surface area contributed by atoms with Gasteiger partial charge in [-0.3, -0.25) is 29.0 Å². The fourth-order valence-corrected chi connectivity index (χ4v) is 8.87. The van der Waals surface area contributed by atoms with Crippen LogP contribution in [-0.4, -0.2) is 134 Å². The highest BCUT2D eigenvalue weighted by atomic mass is 16.7. The summed E-state index contributed by atoms with van der Waals surface area (Å²) in [7, 11) is 0. The molecule has 2 saturated carbocycles. The summed E-state index contributed by atoms with van der Waals surface area (Å²) in [6, 6.07) is 2.82. The van der Waals surface area contributed by atoms with Gasteiger partial charge < -0.3 is 53.2 Å². The van der Waals surface area contributed by atoms with Crippen LogP contribution in [0.15, 0.2) is 18.3 Å². The summed E-state index contributed by atoms with van der Waals surface area (Å²) in [5.41, 5.74) is -12.7. The van der Waals surface area contributed by atoms with Gasteiger partial charge in [0.15, 0.2) is 23.4 Å². The number of nitrogens with zero attached hydrogens (tertiary/aromatic N) is 1. The Morgan fingerprint density at radius 1 is 0.855 bits per heavy atom. The Morgan fingerprint density at radius 3 is 2.02 bits per heavy atom. The maximum atomic E-state index is 13.9. The third-order valence-corrected chi connectivity index (χ3v) is 10.9. The summed E-state index contributed by atoms with van der Waals surface area (Å²) >= 11 is 0. The van der Waals surface area contributed by atoms with Crippen LogP contribution in [0.2, 0.25) is 0 Å². The van der Waals surface area contributed by atoms with E-state index in [1.54, 1.807) is 0 Å². The van der Waals surface area contributed by atoms with Crippen molar-refractivity contribution in [2.45, 2.75) is 127 Å². The maximum Gasteiger partial charge on any atom is 0.340 e. The Bertz CT molecular complexity index is 1780. The molecule has 0 amide bonds. The minimum atomic E-state index is -2.89. The van der Waals surface area contributed by atoms with Crippen molar-refractivity contribution in [2.24, 2.45) is 11.3 Å². The first kappa shape index (κ1) is 41.4. The van der Waals surface area contributed by atoms with Crippen molar-refractivity contribution in [3.05, 3.63) is 29.6 Å². The Morgan fingerprint density at radius 2 is 1.44 bits per heavy atom. The van der Waals surface area contributed by atoms with E-state index >= 15 is 0 Å². The van der Waals surface area contributed by atoms with Gasteiger partial charge in [-0.1, -0.05) is 0 Å². The smallest absolute Gasteiger partial charge is 0.340 e. The summed E-state index contributed by atoms with van der Waals surface area (Å²) in [6.45, 7) is 6.46. The highest BCUT2D eigenvalue weighted by molar-refractivity contribution is 5.90. The zero-order chi connectivity index (χ0) is 41.1. The van der Waals surface area contributed by atoms with Crippen molar-refractivity contribution in [3.8, 4) is 0 Å². The number of aliphatic hydroxyl groups excluding tert-OH is 1. The predicted octanol–water partition coefficient (Wildman–Crippen LogP) is -0.593. The minimum absolute atomic E-state index is 0.0737. The molecule has 1 saturated heterocycles. The van der Waals surface area contributed by atoms with Crippen LogP contribution in [0.5, 0.6) is 0 Å². The van der Waals surface area contributed by atoms with E-state index in [1.807, 2.05) is 0 Å². The molecule has 3 heterocycles. The molecule has 55 heavy (non-hydrogen) atoms. The van der Waals surface area contributed by atoms with Gasteiger partial charge in [0.05, 0.1) is 17.2 Å². The number of carbonyl (C=O) groups is 7. The molecule has 12 atom stereocenters. The molecule has 4 aliphatic rings. The normalized spacial score (nSPS) is 39.5. The van der Waals surface area contributed by atoms with E-state index in [0.29, 0.717) is 0 Å². The molecule has 2 aliphatic carbocycles. The number of fused-ring (bicyclic) bond motifs is 5. The quantitative estimate of drug-likeness (QED) is 0.240. The lowest BCUT2D eigenvalue weighted by molar-refractivity contribution is -0.387. The van der Waals surface area contributed by atoms with Gasteiger partial charge >= 0.3 is 41.8 Å². The predicted molar refractivity (Wildman–Crippen MR) is 177 cm³/mol. The lowest BCUT2D eigenvalue weighted by atomic mass is 9.45. The number of aliphatic hydroxyl groups is 3. The van der Waals surface area contributed by atoms with E-state index in [0.717, 1.165) is 48.5 Å². The number of rotatable bonds is 6. The number of aryl methyl sites for hydroxylation is 1. The topological polar surface area (TPSA) is 267 Å². The van der Waals surface area contributed by atoms with E-state index in [9.17, 15) is 48.9 Å². The molecule has 0 unspecified atom stereocenters. The molecule has 1 spiro atoms. The van der Waals surface area contributed by atoms with E-state index < -0.39 is 132 Å². The van der Waals surface area contributed by atoms with E-state index in [1.165, 1.54) is 25.3 Å². The Hall–Kier alpha value is -4.72. The van der Waals surface area contributed by atoms with Crippen molar-refractivity contribution in [1.29, 1.82) is 0 Å². The molecule has 0 aromatic carbocycles. The van der Waals surface area contributed by atoms with Crippen LogP contribution in [0, 0.1) is 11.3 Å². The van der Waals surface area contributed by atoms with Crippen LogP contribution in [0.25, 0.3) is 0 Å². The first-order chi connectivity index (χ1) is 25.5. The minimum Gasteiger partial charge on any atom is -0.465 e. The van der Waals surface area contributed by atoms with Gasteiger partial charge in [0.1, 0.15) is 54.2 Å². The first-order valence-electron chi connectivity index (χ1n) is 17.4. The van der Waals surface area contributed by atoms with Crippen LogP contribution >= 0.6 is 0 Å². The second-order valence-corrected chi connectivity index (χ2v) is 15.0. The standard InChI is InChI=1S/C36H45NO18/c1-16(38)48-15-35-28(52-19(4)41)24(43)27-34(8,47)36(35)26(51-18(3)40)23(25(50-17(2)39)29(35)53-20(5)42)33(7,55-36)14-49-30(44)21-10-9-13-37-22(21)11-12-32(6,46)31(45)54-27/h9-10,13,23-29,43,46-47H,11-12,14-15H2,1-8H3/t23-,24+,25-,26-,27+,28+,29-,32+,33+,34+,35+,36+/m1/s1. The van der Waals surface area contributed by atoms with Gasteiger partial charge in [0.2, 0.25) is 0 Å². The second-order valence-electron chi connectivity index (χ2n) is 15.0. The van der Waals surface area contributed by atoms with Crippen molar-refractivity contribution in [3.63, 3.8) is 0 Å². The maximum absolute atomic E-state index is 13.9. The molecule has 1 aromatic rings. The second kappa shape index (κ2) is 14.4. The molecule has 19 nitrogen and oxygen atoms in total. The molecule has 19 heteroatoms. The molecule has 5 rings (SSSR count). The largest absolute Gasteiger partial charge is 0.465 e. The molecular weight excluding hydrogens is 734 g/mol. The summed E-state index contributed by atoms with van der Waals surface area (Å²) < 4.78 is 47.4. The number of hydrogen-bond donors (Lipinski definition) is 3. The van der Waals surface area contributed by atoms with Crippen LogP contribution in [0.1, 0.15) is 77.9 Å².